The van der Waals surface area contributed by atoms with Gasteiger partial charge in [0.1, 0.15) is 0 Å². The normalized spacial score (nSPS) is 22.6. The van der Waals surface area contributed by atoms with E-state index in [9.17, 15) is 9.59 Å². The topological polar surface area (TPSA) is 95.1 Å². The van der Waals surface area contributed by atoms with Crippen LogP contribution in [0.15, 0.2) is 24.3 Å². The summed E-state index contributed by atoms with van der Waals surface area (Å²) in [5.74, 6) is -0.0771. The molecule has 3 rings (SSSR count). The molecule has 3 aliphatic rings. The highest BCUT2D eigenvalue weighted by molar-refractivity contribution is 5.89. The van der Waals surface area contributed by atoms with E-state index < -0.39 is 0 Å². The molecule has 0 bridgehead atoms. The Kier molecular flexibility index (Phi) is 26.3. The van der Waals surface area contributed by atoms with E-state index in [0.29, 0.717) is 0 Å². The highest BCUT2D eigenvalue weighted by Crippen LogP contribution is 2.20. The summed E-state index contributed by atoms with van der Waals surface area (Å²) in [5.41, 5.74) is 0. The minimum atomic E-state index is -0.0386. The third-order valence-corrected chi connectivity index (χ3v) is 10.6. The van der Waals surface area contributed by atoms with Crippen LogP contribution in [0, 0.1) is 0 Å². The van der Waals surface area contributed by atoms with Gasteiger partial charge in [-0.05, 0) is 108 Å². The molecule has 2 saturated heterocycles. The Balaban J connectivity index is 1.05. The predicted molar refractivity (Wildman–Crippen MR) is 207 cm³/mol. The first-order valence-electron chi connectivity index (χ1n) is 21.6. The number of nitrogens with one attached hydrogen (secondary N) is 2. The molecule has 1 aliphatic carbocycles. The quantitative estimate of drug-likeness (QED) is 0.0568. The van der Waals surface area contributed by atoms with Gasteiger partial charge in [-0.3, -0.25) is 9.59 Å². The Morgan fingerprint density at radius 3 is 1.22 bits per heavy atom. The van der Waals surface area contributed by atoms with Crippen molar-refractivity contribution in [2.75, 3.05) is 26.4 Å². The Labute approximate surface area is 312 Å². The minimum Gasteiger partial charge on any atom is -0.353 e. The van der Waals surface area contributed by atoms with E-state index in [1.54, 1.807) is 12.2 Å². The summed E-state index contributed by atoms with van der Waals surface area (Å²) < 4.78 is 22.9. The summed E-state index contributed by atoms with van der Waals surface area (Å²) in [6, 6.07) is 0.0323. The summed E-state index contributed by atoms with van der Waals surface area (Å²) >= 11 is 0. The molecule has 0 aromatic rings. The van der Waals surface area contributed by atoms with Gasteiger partial charge in [0.25, 0.3) is 0 Å². The van der Waals surface area contributed by atoms with Gasteiger partial charge in [-0.2, -0.15) is 0 Å². The van der Waals surface area contributed by atoms with Gasteiger partial charge in [0.15, 0.2) is 12.6 Å². The second kappa shape index (κ2) is 30.7. The molecule has 0 aromatic carbocycles. The molecule has 4 atom stereocenters. The fourth-order valence-electron chi connectivity index (χ4n) is 7.47. The number of hydrogen-bond donors (Lipinski definition) is 2. The highest BCUT2D eigenvalue weighted by atomic mass is 16.7. The maximum Gasteiger partial charge on any atom is 0.243 e. The molecule has 3 fully saturated rings. The number of allylic oxidation sites excluding steroid dienone is 2. The Morgan fingerprint density at radius 2 is 0.843 bits per heavy atom. The molecule has 2 amide bonds. The molecule has 0 radical (unpaired) electrons. The second-order valence-electron chi connectivity index (χ2n) is 15.2. The third kappa shape index (κ3) is 23.5. The lowest BCUT2D eigenvalue weighted by Gasteiger charge is -2.22. The number of ether oxygens (including phenoxy) is 4. The largest absolute Gasteiger partial charge is 0.353 e. The van der Waals surface area contributed by atoms with Crippen molar-refractivity contribution >= 4 is 11.8 Å². The molecule has 2 N–H and O–H groups in total. The van der Waals surface area contributed by atoms with Gasteiger partial charge >= 0.3 is 0 Å². The molecule has 2 aliphatic heterocycles. The first-order valence-corrected chi connectivity index (χ1v) is 21.6. The number of carbonyl (C=O) groups is 2. The SMILES string of the molecule is O=C(/C=C/CCCCCCCCCCCOC1CCCCO1)N[C@H]1CCC[C@H]1NC(=O)/C=C/CCCCCCCCCCCOC1CCCCO1. The zero-order chi connectivity index (χ0) is 35.9. The highest BCUT2D eigenvalue weighted by Gasteiger charge is 2.28. The van der Waals surface area contributed by atoms with Crippen LogP contribution in [0.2, 0.25) is 0 Å². The molecular formula is C43H76N2O6. The van der Waals surface area contributed by atoms with Crippen LogP contribution >= 0.6 is 0 Å². The van der Waals surface area contributed by atoms with E-state index in [-0.39, 0.29) is 36.5 Å². The monoisotopic (exact) mass is 717 g/mol. The Hall–Kier alpha value is -1.74. The molecule has 294 valence electrons. The summed E-state index contributed by atoms with van der Waals surface area (Å²) in [5, 5.41) is 6.27. The molecule has 8 nitrogen and oxygen atoms in total. The van der Waals surface area contributed by atoms with Crippen LogP contribution in [-0.2, 0) is 28.5 Å². The fraction of sp³-hybridized carbons (Fsp3) is 0.860. The molecule has 1 saturated carbocycles. The maximum atomic E-state index is 12.5. The Bertz CT molecular complexity index is 842. The van der Waals surface area contributed by atoms with Gasteiger partial charge in [-0.15, -0.1) is 0 Å². The molecule has 2 unspecified atom stereocenters. The summed E-state index contributed by atoms with van der Waals surface area (Å²) in [7, 11) is 0. The Morgan fingerprint density at radius 1 is 0.471 bits per heavy atom. The van der Waals surface area contributed by atoms with E-state index >= 15 is 0 Å². The van der Waals surface area contributed by atoms with Crippen molar-refractivity contribution in [3.05, 3.63) is 24.3 Å². The number of amides is 2. The van der Waals surface area contributed by atoms with Gasteiger partial charge in [-0.1, -0.05) is 102 Å². The predicted octanol–water partition coefficient (Wildman–Crippen LogP) is 10.1. The molecule has 0 spiro atoms. The molecule has 2 heterocycles. The van der Waals surface area contributed by atoms with Crippen LogP contribution in [0.5, 0.6) is 0 Å². The average Bonchev–Trinajstić information content (AvgIpc) is 3.58. The van der Waals surface area contributed by atoms with Crippen molar-refractivity contribution in [2.45, 2.75) is 211 Å². The zero-order valence-corrected chi connectivity index (χ0v) is 32.4. The van der Waals surface area contributed by atoms with E-state index in [4.69, 9.17) is 18.9 Å². The zero-order valence-electron chi connectivity index (χ0n) is 32.4. The molecule has 8 heteroatoms. The van der Waals surface area contributed by atoms with Gasteiger partial charge in [-0.25, -0.2) is 0 Å². The van der Waals surface area contributed by atoms with Crippen LogP contribution in [0.1, 0.15) is 186 Å². The standard InChI is InChI=1S/C43H76N2O6/c46-40(30-19-15-11-7-3-1-5-9-13-17-23-34-48-42-32-21-25-36-50-42)44-38-28-27-29-39(38)45-41(47)31-20-16-12-8-4-2-6-10-14-18-24-35-49-43-33-22-26-37-51-43/h19-20,30-31,38-39,42-43H,1-18,21-29,32-37H2,(H,44,46)(H,45,47)/b30-19+,31-20+/t38-,39+,42?,43?. The van der Waals surface area contributed by atoms with Crippen LogP contribution < -0.4 is 10.6 Å². The van der Waals surface area contributed by atoms with E-state index in [1.165, 1.54) is 116 Å². The van der Waals surface area contributed by atoms with Crippen molar-refractivity contribution in [3.63, 3.8) is 0 Å². The van der Waals surface area contributed by atoms with Gasteiger partial charge in [0, 0.05) is 38.5 Å². The molecular weight excluding hydrogens is 640 g/mol. The average molecular weight is 717 g/mol. The minimum absolute atomic E-state index is 0.0161. The van der Waals surface area contributed by atoms with Crippen LogP contribution in [0.3, 0.4) is 0 Å². The van der Waals surface area contributed by atoms with Crippen LogP contribution in [0.4, 0.5) is 0 Å². The number of carbonyl (C=O) groups excluding carboxylic acids is 2. The molecule has 0 aromatic heterocycles. The van der Waals surface area contributed by atoms with Crippen molar-refractivity contribution in [2.24, 2.45) is 0 Å². The first-order chi connectivity index (χ1) is 25.2. The lowest BCUT2D eigenvalue weighted by molar-refractivity contribution is -0.163. The van der Waals surface area contributed by atoms with Crippen molar-refractivity contribution in [1.82, 2.24) is 10.6 Å². The summed E-state index contributed by atoms with van der Waals surface area (Å²) in [4.78, 5) is 25.0. The summed E-state index contributed by atoms with van der Waals surface area (Å²) in [6.07, 6.45) is 41.7. The van der Waals surface area contributed by atoms with Gasteiger partial charge < -0.3 is 29.6 Å². The maximum absolute atomic E-state index is 12.5. The number of hydrogen-bond acceptors (Lipinski definition) is 6. The van der Waals surface area contributed by atoms with Crippen molar-refractivity contribution in [3.8, 4) is 0 Å². The van der Waals surface area contributed by atoms with Gasteiger partial charge in [0.2, 0.25) is 11.8 Å². The first kappa shape index (κ1) is 43.7. The van der Waals surface area contributed by atoms with Crippen molar-refractivity contribution < 1.29 is 28.5 Å². The molecule has 51 heavy (non-hydrogen) atoms. The van der Waals surface area contributed by atoms with E-state index in [1.807, 2.05) is 12.2 Å². The second-order valence-corrected chi connectivity index (χ2v) is 15.2. The fourth-order valence-corrected chi connectivity index (χ4v) is 7.47. The summed E-state index contributed by atoms with van der Waals surface area (Å²) in [6.45, 7) is 3.38. The number of unbranched alkanes of at least 4 members (excludes halogenated alkanes) is 18. The van der Waals surface area contributed by atoms with Crippen LogP contribution in [-0.4, -0.2) is 62.9 Å². The van der Waals surface area contributed by atoms with Crippen molar-refractivity contribution in [1.29, 1.82) is 0 Å². The van der Waals surface area contributed by atoms with E-state index in [2.05, 4.69) is 10.6 Å². The van der Waals surface area contributed by atoms with Gasteiger partial charge in [0.05, 0.1) is 0 Å². The number of rotatable bonds is 30. The lowest BCUT2D eigenvalue weighted by atomic mass is 10.1. The third-order valence-electron chi connectivity index (χ3n) is 10.6. The van der Waals surface area contributed by atoms with Crippen LogP contribution in [0.25, 0.3) is 0 Å². The van der Waals surface area contributed by atoms with E-state index in [0.717, 1.165) is 97.1 Å². The lowest BCUT2D eigenvalue weighted by Crippen LogP contribution is -2.47. The smallest absolute Gasteiger partial charge is 0.243 e.